The van der Waals surface area contributed by atoms with Gasteiger partial charge in [-0.05, 0) is 36.2 Å². The Morgan fingerprint density at radius 3 is 2.59 bits per heavy atom. The van der Waals surface area contributed by atoms with Gasteiger partial charge in [0.1, 0.15) is 11.6 Å². The number of anilines is 2. The van der Waals surface area contributed by atoms with Gasteiger partial charge >= 0.3 is 0 Å². The van der Waals surface area contributed by atoms with Crippen molar-refractivity contribution in [1.29, 1.82) is 0 Å². The Hall–Kier alpha value is -2.60. The van der Waals surface area contributed by atoms with Crippen molar-refractivity contribution < 1.29 is 13.9 Å². The zero-order chi connectivity index (χ0) is 20.2. The smallest absolute Gasteiger partial charge is 0.265 e. The number of carbonyl (C=O) groups is 1. The molecule has 4 rings (SSSR count). The van der Waals surface area contributed by atoms with Gasteiger partial charge in [0, 0.05) is 39.3 Å². The summed E-state index contributed by atoms with van der Waals surface area (Å²) in [4.78, 5) is 18.5. The van der Waals surface area contributed by atoms with E-state index in [1.54, 1.807) is 6.07 Å². The number of rotatable bonds is 6. The number of hydrogen-bond acceptors (Lipinski definition) is 4. The maximum absolute atomic E-state index is 14.0. The molecule has 2 aliphatic heterocycles. The van der Waals surface area contributed by atoms with Crippen LogP contribution in [0.25, 0.3) is 0 Å². The minimum Gasteiger partial charge on any atom is -0.482 e. The third kappa shape index (κ3) is 4.37. The molecule has 0 saturated carbocycles. The summed E-state index contributed by atoms with van der Waals surface area (Å²) in [6, 6.07) is 13.1. The fourth-order valence-corrected chi connectivity index (χ4v) is 4.02. The second-order valence-corrected chi connectivity index (χ2v) is 7.70. The van der Waals surface area contributed by atoms with Gasteiger partial charge in [-0.3, -0.25) is 9.69 Å². The lowest BCUT2D eigenvalue weighted by atomic mass is 10.1. The number of piperazine rings is 1. The van der Waals surface area contributed by atoms with E-state index in [2.05, 4.69) is 28.9 Å². The molecule has 0 aliphatic carbocycles. The average molecular weight is 397 g/mol. The maximum Gasteiger partial charge on any atom is 0.265 e. The standard InChI is InChI=1S/C23H28FN3O2/c1-2-3-10-27-21-9-8-18(15-22(21)29-17-23(27)28)16-25-11-13-26(14-12-25)20-7-5-4-6-19(20)24/h4-9,15H,2-3,10-14,16-17H2,1H3. The molecule has 1 saturated heterocycles. The third-order valence-electron chi connectivity index (χ3n) is 5.67. The highest BCUT2D eigenvalue weighted by atomic mass is 19.1. The van der Waals surface area contributed by atoms with Gasteiger partial charge in [-0.25, -0.2) is 4.39 Å². The maximum atomic E-state index is 14.0. The van der Waals surface area contributed by atoms with Crippen LogP contribution >= 0.6 is 0 Å². The van der Waals surface area contributed by atoms with E-state index in [4.69, 9.17) is 4.74 Å². The summed E-state index contributed by atoms with van der Waals surface area (Å²) in [5.41, 5.74) is 2.74. The lowest BCUT2D eigenvalue weighted by Gasteiger charge is -2.36. The SMILES string of the molecule is CCCCN1C(=O)COc2cc(CN3CCN(c4ccccc4F)CC3)ccc21. The Kier molecular flexibility index (Phi) is 6.00. The monoisotopic (exact) mass is 397 g/mol. The highest BCUT2D eigenvalue weighted by Crippen LogP contribution is 2.33. The molecule has 2 aliphatic rings. The number of unbranched alkanes of at least 4 members (excludes halogenated alkanes) is 1. The first kappa shape index (κ1) is 19.7. The number of nitrogens with zero attached hydrogens (tertiary/aromatic N) is 3. The number of hydrogen-bond donors (Lipinski definition) is 0. The first-order valence-electron chi connectivity index (χ1n) is 10.4. The molecule has 0 aromatic heterocycles. The number of para-hydroxylation sites is 1. The largest absolute Gasteiger partial charge is 0.482 e. The predicted molar refractivity (Wildman–Crippen MR) is 113 cm³/mol. The van der Waals surface area contributed by atoms with E-state index < -0.39 is 0 Å². The van der Waals surface area contributed by atoms with Crippen LogP contribution in [0.4, 0.5) is 15.8 Å². The molecule has 2 aromatic rings. The Labute approximate surface area is 171 Å². The predicted octanol–water partition coefficient (Wildman–Crippen LogP) is 3.67. The molecule has 6 heteroatoms. The highest BCUT2D eigenvalue weighted by Gasteiger charge is 2.26. The van der Waals surface area contributed by atoms with Crippen molar-refractivity contribution >= 4 is 17.3 Å². The first-order valence-corrected chi connectivity index (χ1v) is 10.4. The summed E-state index contributed by atoms with van der Waals surface area (Å²) in [5, 5.41) is 0. The van der Waals surface area contributed by atoms with Crippen LogP contribution in [-0.2, 0) is 11.3 Å². The quantitative estimate of drug-likeness (QED) is 0.745. The third-order valence-corrected chi connectivity index (χ3v) is 5.67. The van der Waals surface area contributed by atoms with Crippen molar-refractivity contribution in [2.45, 2.75) is 26.3 Å². The first-order chi connectivity index (χ1) is 14.2. The van der Waals surface area contributed by atoms with Crippen LogP contribution < -0.4 is 14.5 Å². The minimum absolute atomic E-state index is 0.0305. The summed E-state index contributed by atoms with van der Waals surface area (Å²) in [6.45, 7) is 7.18. The van der Waals surface area contributed by atoms with Crippen LogP contribution in [0.2, 0.25) is 0 Å². The van der Waals surface area contributed by atoms with Gasteiger partial charge in [-0.1, -0.05) is 31.5 Å². The molecule has 154 valence electrons. The molecule has 0 bridgehead atoms. The summed E-state index contributed by atoms with van der Waals surface area (Å²) >= 11 is 0. The Morgan fingerprint density at radius 2 is 1.83 bits per heavy atom. The molecule has 1 fully saturated rings. The van der Waals surface area contributed by atoms with Crippen LogP contribution in [0.15, 0.2) is 42.5 Å². The van der Waals surface area contributed by atoms with Crippen molar-refractivity contribution in [3.05, 3.63) is 53.8 Å². The Bertz CT molecular complexity index is 865. The molecule has 29 heavy (non-hydrogen) atoms. The van der Waals surface area contributed by atoms with Crippen molar-refractivity contribution in [3.63, 3.8) is 0 Å². The second kappa shape index (κ2) is 8.82. The van der Waals surface area contributed by atoms with Crippen LogP contribution in [0.5, 0.6) is 5.75 Å². The van der Waals surface area contributed by atoms with Gasteiger partial charge in [0.25, 0.3) is 5.91 Å². The summed E-state index contributed by atoms with van der Waals surface area (Å²) in [5.74, 6) is 0.668. The van der Waals surface area contributed by atoms with E-state index in [1.165, 1.54) is 11.6 Å². The van der Waals surface area contributed by atoms with Crippen molar-refractivity contribution in [1.82, 2.24) is 4.90 Å². The normalized spacial score (nSPS) is 17.2. The lowest BCUT2D eigenvalue weighted by Crippen LogP contribution is -2.46. The summed E-state index contributed by atoms with van der Waals surface area (Å²) in [7, 11) is 0. The summed E-state index contributed by atoms with van der Waals surface area (Å²) < 4.78 is 19.7. The molecule has 0 spiro atoms. The van der Waals surface area contributed by atoms with E-state index in [0.29, 0.717) is 5.69 Å². The second-order valence-electron chi connectivity index (χ2n) is 7.70. The number of benzene rings is 2. The van der Waals surface area contributed by atoms with E-state index in [-0.39, 0.29) is 18.3 Å². The Balaban J connectivity index is 1.39. The molecule has 0 atom stereocenters. The van der Waals surface area contributed by atoms with Crippen LogP contribution in [0, 0.1) is 5.82 Å². The van der Waals surface area contributed by atoms with E-state index in [0.717, 1.165) is 63.5 Å². The van der Waals surface area contributed by atoms with Crippen molar-refractivity contribution in [3.8, 4) is 5.75 Å². The number of carbonyl (C=O) groups excluding carboxylic acids is 1. The fraction of sp³-hybridized carbons (Fsp3) is 0.435. The Morgan fingerprint density at radius 1 is 1.03 bits per heavy atom. The van der Waals surface area contributed by atoms with E-state index in [1.807, 2.05) is 23.1 Å². The number of halogens is 1. The van der Waals surface area contributed by atoms with Crippen LogP contribution in [0.1, 0.15) is 25.3 Å². The van der Waals surface area contributed by atoms with Gasteiger partial charge in [-0.15, -0.1) is 0 Å². The molecular weight excluding hydrogens is 369 g/mol. The molecule has 2 aromatic carbocycles. The lowest BCUT2D eigenvalue weighted by molar-refractivity contribution is -0.121. The van der Waals surface area contributed by atoms with Gasteiger partial charge in [-0.2, -0.15) is 0 Å². The molecule has 1 amide bonds. The molecular formula is C23H28FN3O2. The highest BCUT2D eigenvalue weighted by molar-refractivity contribution is 5.97. The zero-order valence-electron chi connectivity index (χ0n) is 16.9. The molecule has 2 heterocycles. The average Bonchev–Trinajstić information content (AvgIpc) is 2.74. The number of ether oxygens (including phenoxy) is 1. The van der Waals surface area contributed by atoms with Crippen molar-refractivity contribution in [2.75, 3.05) is 49.1 Å². The summed E-state index contributed by atoms with van der Waals surface area (Å²) in [6.07, 6.45) is 2.04. The van der Waals surface area contributed by atoms with Crippen LogP contribution in [0.3, 0.4) is 0 Å². The molecule has 5 nitrogen and oxygen atoms in total. The van der Waals surface area contributed by atoms with Crippen LogP contribution in [-0.4, -0.2) is 50.1 Å². The fourth-order valence-electron chi connectivity index (χ4n) is 4.02. The molecule has 0 N–H and O–H groups in total. The zero-order valence-corrected chi connectivity index (χ0v) is 16.9. The van der Waals surface area contributed by atoms with Gasteiger partial charge in [0.15, 0.2) is 6.61 Å². The van der Waals surface area contributed by atoms with Gasteiger partial charge < -0.3 is 14.5 Å². The number of fused-ring (bicyclic) bond motifs is 1. The molecule has 0 unspecified atom stereocenters. The minimum atomic E-state index is -0.157. The van der Waals surface area contributed by atoms with Gasteiger partial charge in [0.2, 0.25) is 0 Å². The van der Waals surface area contributed by atoms with Crippen molar-refractivity contribution in [2.24, 2.45) is 0 Å². The number of amides is 1. The molecule has 0 radical (unpaired) electrons. The van der Waals surface area contributed by atoms with Gasteiger partial charge in [0.05, 0.1) is 11.4 Å². The van der Waals surface area contributed by atoms with E-state index >= 15 is 0 Å². The van der Waals surface area contributed by atoms with E-state index in [9.17, 15) is 9.18 Å². The topological polar surface area (TPSA) is 36.0 Å².